The first-order chi connectivity index (χ1) is 11.6. The van der Waals surface area contributed by atoms with Crippen molar-refractivity contribution >= 4 is 18.0 Å². The summed E-state index contributed by atoms with van der Waals surface area (Å²) in [5.41, 5.74) is 2.81. The quantitative estimate of drug-likeness (QED) is 0.447. The van der Waals surface area contributed by atoms with Crippen LogP contribution >= 0.6 is 0 Å². The molecule has 1 heterocycles. The molecule has 0 unspecified atom stereocenters. The maximum Gasteiger partial charge on any atom is 0.329 e. The van der Waals surface area contributed by atoms with Crippen LogP contribution in [0, 0.1) is 0 Å². The maximum absolute atomic E-state index is 11.7. The number of rotatable bonds is 6. The molecule has 8 heteroatoms. The van der Waals surface area contributed by atoms with Gasteiger partial charge in [0.25, 0.3) is 0 Å². The van der Waals surface area contributed by atoms with E-state index in [2.05, 4.69) is 15.8 Å². The van der Waals surface area contributed by atoms with Crippen molar-refractivity contribution in [3.63, 3.8) is 0 Å². The predicted molar refractivity (Wildman–Crippen MR) is 87.3 cm³/mol. The second-order valence-corrected chi connectivity index (χ2v) is 5.15. The number of hydrogen-bond donors (Lipinski definition) is 2. The average Bonchev–Trinajstić information content (AvgIpc) is 3.13. The number of amides is 2. The lowest BCUT2D eigenvalue weighted by Gasteiger charge is -2.09. The first kappa shape index (κ1) is 17.7. The molecule has 0 saturated carbocycles. The predicted octanol–water partition coefficient (Wildman–Crippen LogP) is 0.449. The largest absolute Gasteiger partial charge is 0.497 e. The van der Waals surface area contributed by atoms with Gasteiger partial charge in [-0.25, -0.2) is 5.43 Å². The molecule has 2 rings (SSSR count). The van der Waals surface area contributed by atoms with Crippen LogP contribution in [0.1, 0.15) is 18.4 Å². The zero-order valence-corrected chi connectivity index (χ0v) is 13.7. The third-order valence-corrected chi connectivity index (χ3v) is 3.53. The molecule has 0 aliphatic carbocycles. The van der Waals surface area contributed by atoms with Crippen molar-refractivity contribution in [3.8, 4) is 11.5 Å². The third kappa shape index (κ3) is 4.95. The van der Waals surface area contributed by atoms with Gasteiger partial charge < -0.3 is 19.5 Å². The van der Waals surface area contributed by atoms with Gasteiger partial charge in [0.2, 0.25) is 0 Å². The number of carbonyl (C=O) groups excluding carboxylic acids is 2. The van der Waals surface area contributed by atoms with E-state index in [0.717, 1.165) is 12.8 Å². The number of hydrazone groups is 1. The fourth-order valence-electron chi connectivity index (χ4n) is 2.23. The molecule has 0 radical (unpaired) electrons. The molecule has 2 amide bonds. The summed E-state index contributed by atoms with van der Waals surface area (Å²) in [6.07, 6.45) is 3.23. The smallest absolute Gasteiger partial charge is 0.329 e. The Balaban J connectivity index is 1.83. The molecule has 8 nitrogen and oxygen atoms in total. The number of methoxy groups -OCH3 is 2. The van der Waals surface area contributed by atoms with Crippen molar-refractivity contribution in [1.29, 1.82) is 0 Å². The molecule has 1 saturated heterocycles. The number of nitrogens with one attached hydrogen (secondary N) is 2. The standard InChI is InChI=1S/C16H21N3O5/c1-22-12-6-5-11(14(8-12)23-2)9-18-19-16(21)15(20)17-10-13-4-3-7-24-13/h5-6,8-9,13H,3-4,7,10H2,1-2H3,(H,17,20)(H,19,21)/b18-9-/t13-/m0/s1. The fourth-order valence-corrected chi connectivity index (χ4v) is 2.23. The molecule has 24 heavy (non-hydrogen) atoms. The molecule has 1 aliphatic rings. The number of ether oxygens (including phenoxy) is 3. The van der Waals surface area contributed by atoms with Crippen LogP contribution in [-0.2, 0) is 14.3 Å². The second kappa shape index (κ2) is 8.88. The fraction of sp³-hybridized carbons (Fsp3) is 0.438. The van der Waals surface area contributed by atoms with Crippen LogP contribution in [0.3, 0.4) is 0 Å². The van der Waals surface area contributed by atoms with E-state index in [9.17, 15) is 9.59 Å². The van der Waals surface area contributed by atoms with Crippen molar-refractivity contribution in [2.75, 3.05) is 27.4 Å². The van der Waals surface area contributed by atoms with Crippen LogP contribution in [0.15, 0.2) is 23.3 Å². The summed E-state index contributed by atoms with van der Waals surface area (Å²) in [6.45, 7) is 1.02. The van der Waals surface area contributed by atoms with Crippen LogP contribution in [-0.4, -0.2) is 51.5 Å². The Kier molecular flexibility index (Phi) is 6.56. The van der Waals surface area contributed by atoms with Crippen molar-refractivity contribution in [1.82, 2.24) is 10.7 Å². The van der Waals surface area contributed by atoms with E-state index in [4.69, 9.17) is 14.2 Å². The Morgan fingerprint density at radius 3 is 2.83 bits per heavy atom. The lowest BCUT2D eigenvalue weighted by molar-refractivity contribution is -0.139. The minimum Gasteiger partial charge on any atom is -0.497 e. The molecule has 1 fully saturated rings. The molecule has 1 atom stereocenters. The zero-order chi connectivity index (χ0) is 17.4. The first-order valence-electron chi connectivity index (χ1n) is 7.59. The zero-order valence-electron chi connectivity index (χ0n) is 13.7. The lowest BCUT2D eigenvalue weighted by atomic mass is 10.2. The van der Waals surface area contributed by atoms with E-state index in [1.165, 1.54) is 13.3 Å². The minimum absolute atomic E-state index is 0.0196. The average molecular weight is 335 g/mol. The van der Waals surface area contributed by atoms with Crippen molar-refractivity contribution in [2.45, 2.75) is 18.9 Å². The van der Waals surface area contributed by atoms with Gasteiger partial charge in [-0.1, -0.05) is 0 Å². The van der Waals surface area contributed by atoms with E-state index in [-0.39, 0.29) is 6.10 Å². The van der Waals surface area contributed by atoms with E-state index in [1.54, 1.807) is 25.3 Å². The highest BCUT2D eigenvalue weighted by atomic mass is 16.5. The Bertz CT molecular complexity index is 612. The Morgan fingerprint density at radius 2 is 2.17 bits per heavy atom. The molecule has 130 valence electrons. The molecule has 2 N–H and O–H groups in total. The summed E-state index contributed by atoms with van der Waals surface area (Å²) < 4.78 is 15.7. The number of nitrogens with zero attached hydrogens (tertiary/aromatic N) is 1. The molecule has 1 aromatic rings. The van der Waals surface area contributed by atoms with Crippen LogP contribution in [0.2, 0.25) is 0 Å². The van der Waals surface area contributed by atoms with E-state index >= 15 is 0 Å². The summed E-state index contributed by atoms with van der Waals surface area (Å²) in [5, 5.41) is 6.29. The summed E-state index contributed by atoms with van der Waals surface area (Å²) in [6, 6.07) is 5.16. The van der Waals surface area contributed by atoms with Crippen molar-refractivity contribution in [2.24, 2.45) is 5.10 Å². The highest BCUT2D eigenvalue weighted by Gasteiger charge is 2.18. The normalized spacial score (nSPS) is 16.8. The van der Waals surface area contributed by atoms with Gasteiger partial charge in [0.1, 0.15) is 11.5 Å². The molecule has 0 aromatic heterocycles. The Hall–Kier alpha value is -2.61. The highest BCUT2D eigenvalue weighted by molar-refractivity contribution is 6.35. The van der Waals surface area contributed by atoms with Crippen molar-refractivity contribution < 1.29 is 23.8 Å². The van der Waals surface area contributed by atoms with E-state index in [1.807, 2.05) is 0 Å². The minimum atomic E-state index is -0.836. The number of hydrogen-bond acceptors (Lipinski definition) is 6. The lowest BCUT2D eigenvalue weighted by Crippen LogP contribution is -2.41. The van der Waals surface area contributed by atoms with Gasteiger partial charge >= 0.3 is 11.8 Å². The summed E-state index contributed by atoms with van der Waals surface area (Å²) in [5.74, 6) is -0.405. The SMILES string of the molecule is COc1ccc(/C=N\NC(=O)C(=O)NC[C@@H]2CCCO2)c(OC)c1. The molecule has 1 aromatic carbocycles. The van der Waals surface area contributed by atoms with Crippen LogP contribution in [0.4, 0.5) is 0 Å². The van der Waals surface area contributed by atoms with Gasteiger partial charge in [0.05, 0.1) is 26.5 Å². The first-order valence-corrected chi connectivity index (χ1v) is 7.59. The van der Waals surface area contributed by atoms with Gasteiger partial charge in [-0.05, 0) is 25.0 Å². The Labute approximate surface area is 140 Å². The van der Waals surface area contributed by atoms with E-state index < -0.39 is 11.8 Å². The van der Waals surface area contributed by atoms with Crippen LogP contribution in [0.5, 0.6) is 11.5 Å². The maximum atomic E-state index is 11.7. The number of carbonyl (C=O) groups is 2. The summed E-state index contributed by atoms with van der Waals surface area (Å²) >= 11 is 0. The van der Waals surface area contributed by atoms with Gasteiger partial charge in [-0.15, -0.1) is 0 Å². The molecular formula is C16H21N3O5. The monoisotopic (exact) mass is 335 g/mol. The number of benzene rings is 1. The van der Waals surface area contributed by atoms with Gasteiger partial charge in [-0.2, -0.15) is 5.10 Å². The van der Waals surface area contributed by atoms with Gasteiger partial charge in [0, 0.05) is 24.8 Å². The second-order valence-electron chi connectivity index (χ2n) is 5.15. The van der Waals surface area contributed by atoms with Crippen LogP contribution < -0.4 is 20.2 Å². The van der Waals surface area contributed by atoms with Crippen LogP contribution in [0.25, 0.3) is 0 Å². The van der Waals surface area contributed by atoms with E-state index in [0.29, 0.717) is 30.2 Å². The molecular weight excluding hydrogens is 314 g/mol. The third-order valence-electron chi connectivity index (χ3n) is 3.53. The molecule has 0 spiro atoms. The Morgan fingerprint density at radius 1 is 1.33 bits per heavy atom. The molecule has 1 aliphatic heterocycles. The molecule has 0 bridgehead atoms. The van der Waals surface area contributed by atoms with Gasteiger partial charge in [-0.3, -0.25) is 9.59 Å². The van der Waals surface area contributed by atoms with Gasteiger partial charge in [0.15, 0.2) is 0 Å². The topological polar surface area (TPSA) is 98.2 Å². The highest BCUT2D eigenvalue weighted by Crippen LogP contribution is 2.22. The summed E-state index contributed by atoms with van der Waals surface area (Å²) in [7, 11) is 3.07. The van der Waals surface area contributed by atoms with Crippen molar-refractivity contribution in [3.05, 3.63) is 23.8 Å². The summed E-state index contributed by atoms with van der Waals surface area (Å²) in [4.78, 5) is 23.3.